The lowest BCUT2D eigenvalue weighted by Gasteiger charge is -2.35. The molecule has 2 aliphatic rings. The summed E-state index contributed by atoms with van der Waals surface area (Å²) in [7, 11) is 0. The van der Waals surface area contributed by atoms with E-state index in [4.69, 9.17) is 4.74 Å². The average molecular weight is 278 g/mol. The number of halogens is 1. The predicted octanol–water partition coefficient (Wildman–Crippen LogP) is 2.34. The molecule has 0 aliphatic carbocycles. The highest BCUT2D eigenvalue weighted by atomic mass is 19.1. The molecule has 20 heavy (non-hydrogen) atoms. The van der Waals surface area contributed by atoms with Crippen LogP contribution in [0.4, 0.5) is 4.39 Å². The largest absolute Gasteiger partial charge is 0.374 e. The van der Waals surface area contributed by atoms with Crippen molar-refractivity contribution in [2.75, 3.05) is 26.2 Å². The molecule has 0 bridgehead atoms. The number of ether oxygens (including phenoxy) is 1. The van der Waals surface area contributed by atoms with Crippen molar-refractivity contribution in [1.29, 1.82) is 0 Å². The molecule has 0 aromatic heterocycles. The molecule has 2 aliphatic heterocycles. The van der Waals surface area contributed by atoms with Crippen molar-refractivity contribution in [2.45, 2.75) is 38.0 Å². The number of benzene rings is 1. The van der Waals surface area contributed by atoms with Crippen molar-refractivity contribution in [2.24, 2.45) is 0 Å². The molecule has 0 spiro atoms. The summed E-state index contributed by atoms with van der Waals surface area (Å²) in [5, 5.41) is 3.46. The minimum absolute atomic E-state index is 0.144. The fraction of sp³-hybridized carbons (Fsp3) is 0.625. The number of morpholine rings is 1. The monoisotopic (exact) mass is 278 g/mol. The fourth-order valence-corrected chi connectivity index (χ4v) is 3.21. The van der Waals surface area contributed by atoms with Crippen LogP contribution in [0.5, 0.6) is 0 Å². The van der Waals surface area contributed by atoms with E-state index >= 15 is 0 Å². The number of fused-ring (bicyclic) bond motifs is 1. The second-order valence-electron chi connectivity index (χ2n) is 5.93. The van der Waals surface area contributed by atoms with Crippen LogP contribution in [0.25, 0.3) is 0 Å². The lowest BCUT2D eigenvalue weighted by atomic mass is 10.1. The van der Waals surface area contributed by atoms with Crippen LogP contribution in [0.3, 0.4) is 0 Å². The van der Waals surface area contributed by atoms with E-state index in [9.17, 15) is 4.39 Å². The lowest BCUT2D eigenvalue weighted by molar-refractivity contribution is -0.0477. The third-order valence-corrected chi connectivity index (χ3v) is 4.46. The van der Waals surface area contributed by atoms with E-state index < -0.39 is 0 Å². The van der Waals surface area contributed by atoms with Crippen molar-refractivity contribution in [1.82, 2.24) is 10.2 Å². The fourth-order valence-electron chi connectivity index (χ4n) is 3.21. The third-order valence-electron chi connectivity index (χ3n) is 4.46. The molecule has 0 saturated carbocycles. The number of nitrogens with one attached hydrogen (secondary N) is 1. The summed E-state index contributed by atoms with van der Waals surface area (Å²) >= 11 is 0. The summed E-state index contributed by atoms with van der Waals surface area (Å²) in [6.07, 6.45) is 2.83. The smallest absolute Gasteiger partial charge is 0.123 e. The van der Waals surface area contributed by atoms with Crippen LogP contribution in [0.15, 0.2) is 24.3 Å². The quantitative estimate of drug-likeness (QED) is 0.915. The highest BCUT2D eigenvalue weighted by Crippen LogP contribution is 2.22. The normalized spacial score (nSPS) is 28.3. The molecule has 1 aromatic rings. The van der Waals surface area contributed by atoms with Crippen molar-refractivity contribution >= 4 is 0 Å². The molecule has 3 nitrogen and oxygen atoms in total. The Morgan fingerprint density at radius 2 is 2.40 bits per heavy atom. The Balaban J connectivity index is 1.49. The molecule has 1 aromatic carbocycles. The van der Waals surface area contributed by atoms with Crippen LogP contribution in [0.1, 0.15) is 31.4 Å². The number of hydrogen-bond acceptors (Lipinski definition) is 3. The average Bonchev–Trinajstić information content (AvgIpc) is 2.92. The maximum absolute atomic E-state index is 13.2. The number of nitrogens with zero attached hydrogens (tertiary/aromatic N) is 1. The molecule has 0 amide bonds. The third kappa shape index (κ3) is 3.19. The number of rotatable bonds is 4. The Bertz CT molecular complexity index is 454. The van der Waals surface area contributed by atoms with Gasteiger partial charge in [-0.3, -0.25) is 4.90 Å². The summed E-state index contributed by atoms with van der Waals surface area (Å²) in [5.74, 6) is -0.176. The zero-order valence-corrected chi connectivity index (χ0v) is 12.0. The molecule has 2 heterocycles. The van der Waals surface area contributed by atoms with Gasteiger partial charge in [0.25, 0.3) is 0 Å². The van der Waals surface area contributed by atoms with Gasteiger partial charge < -0.3 is 10.1 Å². The van der Waals surface area contributed by atoms with Crippen molar-refractivity contribution in [3.05, 3.63) is 35.6 Å². The first-order valence-electron chi connectivity index (χ1n) is 7.57. The molecule has 1 N–H and O–H groups in total. The Labute approximate surface area is 120 Å². The second-order valence-corrected chi connectivity index (χ2v) is 5.93. The molecular formula is C16H23FN2O. The standard InChI is InChI=1S/C16H23FN2O/c1-12(13-4-2-5-14(17)8-13)18-9-16-10-19-7-3-6-15(19)11-20-16/h2,4-5,8,12,15-16,18H,3,6-7,9-11H2,1H3. The maximum Gasteiger partial charge on any atom is 0.123 e. The maximum atomic E-state index is 13.2. The molecule has 2 fully saturated rings. The molecule has 3 rings (SSSR count). The minimum Gasteiger partial charge on any atom is -0.374 e. The first kappa shape index (κ1) is 14.0. The molecule has 2 saturated heterocycles. The molecule has 0 radical (unpaired) electrons. The summed E-state index contributed by atoms with van der Waals surface area (Å²) in [6, 6.07) is 7.58. The van der Waals surface area contributed by atoms with Gasteiger partial charge in [-0.25, -0.2) is 4.39 Å². The Kier molecular flexibility index (Phi) is 4.34. The second kappa shape index (κ2) is 6.20. The van der Waals surface area contributed by atoms with Gasteiger partial charge >= 0.3 is 0 Å². The van der Waals surface area contributed by atoms with Crippen molar-refractivity contribution < 1.29 is 9.13 Å². The van der Waals surface area contributed by atoms with Crippen LogP contribution in [0, 0.1) is 5.82 Å². The van der Waals surface area contributed by atoms with Gasteiger partial charge in [-0.05, 0) is 44.0 Å². The molecule has 3 atom stereocenters. The first-order valence-corrected chi connectivity index (χ1v) is 7.57. The zero-order valence-electron chi connectivity index (χ0n) is 12.0. The van der Waals surface area contributed by atoms with E-state index in [1.807, 2.05) is 6.07 Å². The van der Waals surface area contributed by atoms with Gasteiger partial charge in [0.05, 0.1) is 12.7 Å². The van der Waals surface area contributed by atoms with Gasteiger partial charge in [-0.2, -0.15) is 0 Å². The van der Waals surface area contributed by atoms with E-state index in [0.717, 1.165) is 25.3 Å². The molecule has 3 unspecified atom stereocenters. The Morgan fingerprint density at radius 3 is 3.25 bits per heavy atom. The van der Waals surface area contributed by atoms with Crippen molar-refractivity contribution in [3.8, 4) is 0 Å². The highest BCUT2D eigenvalue weighted by molar-refractivity contribution is 5.19. The summed E-state index contributed by atoms with van der Waals surface area (Å²) < 4.78 is 19.1. The predicted molar refractivity (Wildman–Crippen MR) is 77.2 cm³/mol. The van der Waals surface area contributed by atoms with E-state index in [0.29, 0.717) is 6.04 Å². The number of hydrogen-bond donors (Lipinski definition) is 1. The SMILES string of the molecule is CC(NCC1CN2CCCC2CO1)c1cccc(F)c1. The van der Waals surface area contributed by atoms with Crippen LogP contribution < -0.4 is 5.32 Å². The first-order chi connectivity index (χ1) is 9.72. The lowest BCUT2D eigenvalue weighted by Crippen LogP contribution is -2.49. The summed E-state index contributed by atoms with van der Waals surface area (Å²) in [6.45, 7) is 5.98. The Hall–Kier alpha value is -0.970. The van der Waals surface area contributed by atoms with E-state index in [-0.39, 0.29) is 18.0 Å². The zero-order chi connectivity index (χ0) is 13.9. The van der Waals surface area contributed by atoms with Gasteiger partial charge in [-0.15, -0.1) is 0 Å². The van der Waals surface area contributed by atoms with Gasteiger partial charge in [0, 0.05) is 25.2 Å². The van der Waals surface area contributed by atoms with E-state index in [1.165, 1.54) is 25.5 Å². The van der Waals surface area contributed by atoms with Crippen LogP contribution >= 0.6 is 0 Å². The molecule has 4 heteroatoms. The Morgan fingerprint density at radius 1 is 1.50 bits per heavy atom. The van der Waals surface area contributed by atoms with Gasteiger partial charge in [-0.1, -0.05) is 12.1 Å². The van der Waals surface area contributed by atoms with Gasteiger partial charge in [0.2, 0.25) is 0 Å². The van der Waals surface area contributed by atoms with E-state index in [1.54, 1.807) is 12.1 Å². The van der Waals surface area contributed by atoms with E-state index in [2.05, 4.69) is 17.1 Å². The van der Waals surface area contributed by atoms with Gasteiger partial charge in [0.1, 0.15) is 5.82 Å². The summed E-state index contributed by atoms with van der Waals surface area (Å²) in [5.41, 5.74) is 0.986. The van der Waals surface area contributed by atoms with Crippen molar-refractivity contribution in [3.63, 3.8) is 0 Å². The summed E-state index contributed by atoms with van der Waals surface area (Å²) in [4.78, 5) is 2.54. The topological polar surface area (TPSA) is 24.5 Å². The minimum atomic E-state index is -0.176. The van der Waals surface area contributed by atoms with Gasteiger partial charge in [0.15, 0.2) is 0 Å². The molecular weight excluding hydrogens is 255 g/mol. The van der Waals surface area contributed by atoms with Crippen LogP contribution in [-0.4, -0.2) is 43.3 Å². The van der Waals surface area contributed by atoms with Crippen LogP contribution in [-0.2, 0) is 4.74 Å². The molecule has 110 valence electrons. The highest BCUT2D eigenvalue weighted by Gasteiger charge is 2.32. The van der Waals surface area contributed by atoms with Crippen LogP contribution in [0.2, 0.25) is 0 Å².